The molecule has 2 nitrogen and oxygen atoms in total. The summed E-state index contributed by atoms with van der Waals surface area (Å²) in [5.74, 6) is 0. The Bertz CT molecular complexity index is 316. The molecule has 0 aliphatic rings. The van der Waals surface area contributed by atoms with Gasteiger partial charge in [-0.25, -0.2) is 0 Å². The molecule has 0 aromatic heterocycles. The highest BCUT2D eigenvalue weighted by molar-refractivity contribution is 5.62. The smallest absolute Gasteiger partial charge is 0.0390 e. The predicted octanol–water partition coefficient (Wildman–Crippen LogP) is 2.96. The van der Waals surface area contributed by atoms with Gasteiger partial charge in [0.05, 0.1) is 0 Å². The fourth-order valence-electron chi connectivity index (χ4n) is 1.30. The molecule has 0 unspecified atom stereocenters. The summed E-state index contributed by atoms with van der Waals surface area (Å²) in [4.78, 5) is 0. The van der Waals surface area contributed by atoms with Crippen LogP contribution in [0, 0.1) is 6.92 Å². The van der Waals surface area contributed by atoms with E-state index in [0.717, 1.165) is 29.9 Å². The molecule has 1 aromatic rings. The normalized spacial score (nSPS) is 10.7. The molecule has 0 aliphatic heterocycles. The average molecular weight is 190 g/mol. The molecule has 0 amide bonds. The van der Waals surface area contributed by atoms with Gasteiger partial charge in [-0.05, 0) is 38.0 Å². The van der Waals surface area contributed by atoms with Gasteiger partial charge in [0.25, 0.3) is 0 Å². The van der Waals surface area contributed by atoms with Gasteiger partial charge in [-0.2, -0.15) is 0 Å². The Labute approximate surface area is 85.8 Å². The minimum absolute atomic E-state index is 0.848. The first-order valence-electron chi connectivity index (χ1n) is 4.96. The highest BCUT2D eigenvalue weighted by Crippen LogP contribution is 2.20. The second kappa shape index (κ2) is 5.32. The van der Waals surface area contributed by atoms with Gasteiger partial charge >= 0.3 is 0 Å². The van der Waals surface area contributed by atoms with Crippen LogP contribution >= 0.6 is 0 Å². The van der Waals surface area contributed by atoms with E-state index in [1.807, 2.05) is 26.0 Å². The van der Waals surface area contributed by atoms with Crippen molar-refractivity contribution >= 4 is 11.4 Å². The zero-order chi connectivity index (χ0) is 10.4. The van der Waals surface area contributed by atoms with Gasteiger partial charge in [0.2, 0.25) is 0 Å². The van der Waals surface area contributed by atoms with Crippen molar-refractivity contribution in [2.24, 2.45) is 0 Å². The summed E-state index contributed by atoms with van der Waals surface area (Å²) in [5, 5.41) is 3.36. The molecule has 0 radical (unpaired) electrons. The van der Waals surface area contributed by atoms with E-state index in [-0.39, 0.29) is 0 Å². The van der Waals surface area contributed by atoms with Crippen LogP contribution in [0.2, 0.25) is 0 Å². The zero-order valence-corrected chi connectivity index (χ0v) is 8.88. The van der Waals surface area contributed by atoms with Crippen LogP contribution in [0.4, 0.5) is 11.4 Å². The van der Waals surface area contributed by atoms with E-state index in [4.69, 9.17) is 5.73 Å². The van der Waals surface area contributed by atoms with E-state index in [2.05, 4.69) is 23.5 Å². The van der Waals surface area contributed by atoms with Gasteiger partial charge in [0, 0.05) is 17.9 Å². The van der Waals surface area contributed by atoms with Crippen molar-refractivity contribution in [3.8, 4) is 0 Å². The SMILES string of the molecule is C/C=C/CCNc1cccc(N)c1C. The minimum Gasteiger partial charge on any atom is -0.398 e. The summed E-state index contributed by atoms with van der Waals surface area (Å²) >= 11 is 0. The number of benzene rings is 1. The number of allylic oxidation sites excluding steroid dienone is 1. The van der Waals surface area contributed by atoms with E-state index in [9.17, 15) is 0 Å². The van der Waals surface area contributed by atoms with Crippen LogP contribution in [-0.2, 0) is 0 Å². The predicted molar refractivity (Wildman–Crippen MR) is 63.5 cm³/mol. The molecule has 2 heteroatoms. The standard InChI is InChI=1S/C12H18N2/c1-3-4-5-9-14-12-8-6-7-11(13)10(12)2/h3-4,6-8,14H,5,9,13H2,1-2H3/b4-3+. The number of hydrogen-bond donors (Lipinski definition) is 2. The van der Waals surface area contributed by atoms with Crippen molar-refractivity contribution in [2.45, 2.75) is 20.3 Å². The van der Waals surface area contributed by atoms with Gasteiger partial charge in [0.15, 0.2) is 0 Å². The number of nitrogen functional groups attached to an aromatic ring is 1. The van der Waals surface area contributed by atoms with Gasteiger partial charge in [0.1, 0.15) is 0 Å². The maximum atomic E-state index is 5.80. The largest absolute Gasteiger partial charge is 0.398 e. The van der Waals surface area contributed by atoms with Crippen molar-refractivity contribution < 1.29 is 0 Å². The third-order valence-corrected chi connectivity index (χ3v) is 2.24. The summed E-state index contributed by atoms with van der Waals surface area (Å²) in [6.07, 6.45) is 5.26. The van der Waals surface area contributed by atoms with E-state index < -0.39 is 0 Å². The molecule has 3 N–H and O–H groups in total. The van der Waals surface area contributed by atoms with Crippen molar-refractivity contribution in [2.75, 3.05) is 17.6 Å². The molecule has 0 aliphatic carbocycles. The number of rotatable bonds is 4. The van der Waals surface area contributed by atoms with Crippen LogP contribution in [-0.4, -0.2) is 6.54 Å². The summed E-state index contributed by atoms with van der Waals surface area (Å²) in [6, 6.07) is 5.95. The van der Waals surface area contributed by atoms with Crippen LogP contribution in [0.15, 0.2) is 30.4 Å². The average Bonchev–Trinajstić information content (AvgIpc) is 2.19. The lowest BCUT2D eigenvalue weighted by Gasteiger charge is -2.09. The first-order chi connectivity index (χ1) is 6.75. The Morgan fingerprint density at radius 3 is 2.93 bits per heavy atom. The second-order valence-electron chi connectivity index (χ2n) is 3.30. The van der Waals surface area contributed by atoms with Crippen LogP contribution in [0.5, 0.6) is 0 Å². The Morgan fingerprint density at radius 1 is 1.43 bits per heavy atom. The summed E-state index contributed by atoms with van der Waals surface area (Å²) < 4.78 is 0. The van der Waals surface area contributed by atoms with Crippen molar-refractivity contribution in [3.63, 3.8) is 0 Å². The third-order valence-electron chi connectivity index (χ3n) is 2.24. The molecular formula is C12H18N2. The molecule has 14 heavy (non-hydrogen) atoms. The van der Waals surface area contributed by atoms with Crippen LogP contribution in [0.1, 0.15) is 18.9 Å². The molecule has 1 rings (SSSR count). The molecule has 0 spiro atoms. The molecule has 76 valence electrons. The van der Waals surface area contributed by atoms with Gasteiger partial charge in [-0.3, -0.25) is 0 Å². The fraction of sp³-hybridized carbons (Fsp3) is 0.333. The van der Waals surface area contributed by atoms with Crippen LogP contribution in [0.25, 0.3) is 0 Å². The number of anilines is 2. The fourth-order valence-corrected chi connectivity index (χ4v) is 1.30. The van der Waals surface area contributed by atoms with Crippen LogP contribution in [0.3, 0.4) is 0 Å². The lowest BCUT2D eigenvalue weighted by Crippen LogP contribution is -2.03. The monoisotopic (exact) mass is 190 g/mol. The maximum Gasteiger partial charge on any atom is 0.0390 e. The summed E-state index contributed by atoms with van der Waals surface area (Å²) in [7, 11) is 0. The lowest BCUT2D eigenvalue weighted by atomic mass is 10.1. The first kappa shape index (κ1) is 10.6. The Morgan fingerprint density at radius 2 is 2.21 bits per heavy atom. The number of nitrogens with one attached hydrogen (secondary N) is 1. The molecule has 0 heterocycles. The number of nitrogens with two attached hydrogens (primary N) is 1. The van der Waals surface area contributed by atoms with Crippen molar-refractivity contribution in [1.29, 1.82) is 0 Å². The quantitative estimate of drug-likeness (QED) is 0.435. The van der Waals surface area contributed by atoms with E-state index in [1.54, 1.807) is 0 Å². The summed E-state index contributed by atoms with van der Waals surface area (Å²) in [6.45, 7) is 5.02. The second-order valence-corrected chi connectivity index (χ2v) is 3.30. The third kappa shape index (κ3) is 2.80. The Hall–Kier alpha value is -1.44. The van der Waals surface area contributed by atoms with Gasteiger partial charge < -0.3 is 11.1 Å². The minimum atomic E-state index is 0.848. The molecule has 1 aromatic carbocycles. The van der Waals surface area contributed by atoms with Gasteiger partial charge in [-0.15, -0.1) is 0 Å². The van der Waals surface area contributed by atoms with E-state index in [0.29, 0.717) is 0 Å². The maximum absolute atomic E-state index is 5.80. The van der Waals surface area contributed by atoms with Gasteiger partial charge in [-0.1, -0.05) is 18.2 Å². The lowest BCUT2D eigenvalue weighted by molar-refractivity contribution is 1.06. The Balaban J connectivity index is 2.54. The first-order valence-corrected chi connectivity index (χ1v) is 4.96. The zero-order valence-electron chi connectivity index (χ0n) is 8.88. The van der Waals surface area contributed by atoms with E-state index in [1.165, 1.54) is 0 Å². The molecule has 0 bridgehead atoms. The molecule has 0 saturated carbocycles. The summed E-state index contributed by atoms with van der Waals surface area (Å²) in [5.41, 5.74) is 8.91. The molecule has 0 saturated heterocycles. The highest BCUT2D eigenvalue weighted by Gasteiger charge is 1.98. The van der Waals surface area contributed by atoms with E-state index >= 15 is 0 Å². The molecular weight excluding hydrogens is 172 g/mol. The topological polar surface area (TPSA) is 38.0 Å². The Kier molecular flexibility index (Phi) is 4.05. The molecule has 0 atom stereocenters. The van der Waals surface area contributed by atoms with Crippen molar-refractivity contribution in [1.82, 2.24) is 0 Å². The molecule has 0 fully saturated rings. The van der Waals surface area contributed by atoms with Crippen molar-refractivity contribution in [3.05, 3.63) is 35.9 Å². The highest BCUT2D eigenvalue weighted by atomic mass is 14.9. The van der Waals surface area contributed by atoms with Crippen LogP contribution < -0.4 is 11.1 Å². The number of hydrogen-bond acceptors (Lipinski definition) is 2.